The summed E-state index contributed by atoms with van der Waals surface area (Å²) in [7, 11) is 0. The topological polar surface area (TPSA) is 58.7 Å². The molecule has 0 fully saturated rings. The second-order valence-electron chi connectivity index (χ2n) is 5.40. The van der Waals surface area contributed by atoms with Gasteiger partial charge in [0.25, 0.3) is 5.56 Å². The minimum absolute atomic E-state index is 0.0569. The Morgan fingerprint density at radius 3 is 2.70 bits per heavy atom. The minimum Gasteiger partial charge on any atom is -0.295 e. The molecule has 0 amide bonds. The van der Waals surface area contributed by atoms with Gasteiger partial charge in [-0.2, -0.15) is 5.26 Å². The highest BCUT2D eigenvalue weighted by Gasteiger charge is 2.15. The molecule has 23 heavy (non-hydrogen) atoms. The number of aromatic nitrogens is 2. The van der Waals surface area contributed by atoms with E-state index in [1.807, 2.05) is 12.3 Å². The Morgan fingerprint density at radius 2 is 2.04 bits per heavy atom. The second-order valence-corrected chi connectivity index (χ2v) is 6.26. The third-order valence-electron chi connectivity index (χ3n) is 4.01. The molecule has 0 aliphatic carbocycles. The van der Waals surface area contributed by atoms with Crippen LogP contribution < -0.4 is 5.56 Å². The van der Waals surface area contributed by atoms with E-state index >= 15 is 0 Å². The largest absolute Gasteiger partial charge is 0.295 e. The highest BCUT2D eigenvalue weighted by atomic mass is 32.1. The van der Waals surface area contributed by atoms with Crippen molar-refractivity contribution in [2.45, 2.75) is 33.2 Å². The lowest BCUT2D eigenvalue weighted by Crippen LogP contribution is -2.23. The van der Waals surface area contributed by atoms with Gasteiger partial charge in [0, 0.05) is 17.5 Å². The molecule has 3 aromatic rings. The van der Waals surface area contributed by atoms with Crippen LogP contribution in [0.2, 0.25) is 0 Å². The monoisotopic (exact) mass is 323 g/mol. The predicted molar refractivity (Wildman–Crippen MR) is 93.7 cm³/mol. The molecule has 0 unspecified atom stereocenters. The number of hydrogen-bond donors (Lipinski definition) is 0. The van der Waals surface area contributed by atoms with Crippen LogP contribution in [0.25, 0.3) is 21.3 Å². The van der Waals surface area contributed by atoms with E-state index in [4.69, 9.17) is 5.26 Å². The van der Waals surface area contributed by atoms with E-state index in [1.165, 1.54) is 16.9 Å². The number of aryl methyl sites for hydroxylation is 2. The van der Waals surface area contributed by atoms with Crippen molar-refractivity contribution in [3.05, 3.63) is 51.4 Å². The SMILES string of the molecule is CCc1ccc(-c2csc3nc(C)n(CCC#N)c(=O)c23)cc1. The molecule has 0 saturated carbocycles. The van der Waals surface area contributed by atoms with Crippen molar-refractivity contribution in [2.75, 3.05) is 0 Å². The molecule has 2 heterocycles. The van der Waals surface area contributed by atoms with Gasteiger partial charge in [-0.1, -0.05) is 31.2 Å². The zero-order valence-corrected chi connectivity index (χ0v) is 14.0. The summed E-state index contributed by atoms with van der Waals surface area (Å²) in [5.41, 5.74) is 3.17. The van der Waals surface area contributed by atoms with Gasteiger partial charge in [0.05, 0.1) is 17.9 Å². The van der Waals surface area contributed by atoms with Gasteiger partial charge in [-0.25, -0.2) is 4.98 Å². The summed E-state index contributed by atoms with van der Waals surface area (Å²) in [5, 5.41) is 11.4. The highest BCUT2D eigenvalue weighted by Crippen LogP contribution is 2.31. The fraction of sp³-hybridized carbons (Fsp3) is 0.278. The Bertz CT molecular complexity index is 945. The van der Waals surface area contributed by atoms with E-state index in [-0.39, 0.29) is 5.56 Å². The summed E-state index contributed by atoms with van der Waals surface area (Å²) in [6.07, 6.45) is 1.30. The van der Waals surface area contributed by atoms with Gasteiger partial charge in [-0.05, 0) is 24.5 Å². The molecule has 116 valence electrons. The molecule has 0 aliphatic rings. The van der Waals surface area contributed by atoms with E-state index in [9.17, 15) is 4.79 Å². The van der Waals surface area contributed by atoms with Crippen molar-refractivity contribution in [1.29, 1.82) is 5.26 Å². The van der Waals surface area contributed by atoms with E-state index < -0.39 is 0 Å². The molecule has 4 nitrogen and oxygen atoms in total. The van der Waals surface area contributed by atoms with Crippen molar-refractivity contribution in [3.8, 4) is 17.2 Å². The highest BCUT2D eigenvalue weighted by molar-refractivity contribution is 7.17. The van der Waals surface area contributed by atoms with Gasteiger partial charge >= 0.3 is 0 Å². The van der Waals surface area contributed by atoms with Crippen LogP contribution in [0.5, 0.6) is 0 Å². The van der Waals surface area contributed by atoms with Crippen molar-refractivity contribution in [2.24, 2.45) is 0 Å². The van der Waals surface area contributed by atoms with Crippen molar-refractivity contribution < 1.29 is 0 Å². The molecule has 0 saturated heterocycles. The fourth-order valence-corrected chi connectivity index (χ4v) is 3.67. The lowest BCUT2D eigenvalue weighted by Gasteiger charge is -2.08. The number of nitrogens with zero attached hydrogens (tertiary/aromatic N) is 3. The molecule has 0 atom stereocenters. The molecule has 5 heteroatoms. The third-order valence-corrected chi connectivity index (χ3v) is 4.88. The number of thiophene rings is 1. The lowest BCUT2D eigenvalue weighted by molar-refractivity contribution is 0.653. The predicted octanol–water partition coefficient (Wildman–Crippen LogP) is 3.91. The standard InChI is InChI=1S/C18H17N3OS/c1-3-13-5-7-14(8-6-13)15-11-23-17-16(15)18(22)21(10-4-9-19)12(2)20-17/h5-8,11H,3-4,10H2,1-2H3. The molecule has 2 aromatic heterocycles. The van der Waals surface area contributed by atoms with Gasteiger partial charge < -0.3 is 0 Å². The summed E-state index contributed by atoms with van der Waals surface area (Å²) in [4.78, 5) is 18.2. The van der Waals surface area contributed by atoms with Gasteiger partial charge in [-0.15, -0.1) is 11.3 Å². The Morgan fingerprint density at radius 1 is 1.30 bits per heavy atom. The van der Waals surface area contributed by atoms with Crippen LogP contribution >= 0.6 is 11.3 Å². The van der Waals surface area contributed by atoms with E-state index in [0.29, 0.717) is 24.2 Å². The van der Waals surface area contributed by atoms with Crippen LogP contribution in [0.1, 0.15) is 24.7 Å². The summed E-state index contributed by atoms with van der Waals surface area (Å²) < 4.78 is 1.60. The summed E-state index contributed by atoms with van der Waals surface area (Å²) in [5.74, 6) is 0.660. The first-order valence-electron chi connectivity index (χ1n) is 7.60. The first-order valence-corrected chi connectivity index (χ1v) is 8.48. The second kappa shape index (κ2) is 6.35. The minimum atomic E-state index is -0.0569. The van der Waals surface area contributed by atoms with Gasteiger partial charge in [0.2, 0.25) is 0 Å². The number of benzene rings is 1. The molecule has 1 aromatic carbocycles. The fourth-order valence-electron chi connectivity index (χ4n) is 2.68. The number of fused-ring (bicyclic) bond motifs is 1. The van der Waals surface area contributed by atoms with Gasteiger partial charge in [0.1, 0.15) is 10.7 Å². The van der Waals surface area contributed by atoms with Crippen LogP contribution in [0.4, 0.5) is 0 Å². The maximum atomic E-state index is 12.9. The average molecular weight is 323 g/mol. The number of rotatable bonds is 4. The third kappa shape index (κ3) is 2.78. The summed E-state index contributed by atoms with van der Waals surface area (Å²) in [6.45, 7) is 4.32. The number of hydrogen-bond acceptors (Lipinski definition) is 4. The molecular formula is C18H17N3OS. The maximum Gasteiger partial charge on any atom is 0.262 e. The van der Waals surface area contributed by atoms with Gasteiger partial charge in [0.15, 0.2) is 0 Å². The Balaban J connectivity index is 2.18. The summed E-state index contributed by atoms with van der Waals surface area (Å²) >= 11 is 1.49. The van der Waals surface area contributed by atoms with Crippen molar-refractivity contribution >= 4 is 21.6 Å². The number of nitriles is 1. The molecule has 0 bridgehead atoms. The zero-order chi connectivity index (χ0) is 16.4. The van der Waals surface area contributed by atoms with Crippen LogP contribution in [-0.2, 0) is 13.0 Å². The Kier molecular flexibility index (Phi) is 4.26. The normalized spacial score (nSPS) is 10.8. The quantitative estimate of drug-likeness (QED) is 0.731. The molecule has 0 aliphatic heterocycles. The molecule has 0 radical (unpaired) electrons. The van der Waals surface area contributed by atoms with Crippen LogP contribution in [0.3, 0.4) is 0 Å². The lowest BCUT2D eigenvalue weighted by atomic mass is 10.0. The Hall–Kier alpha value is -2.45. The van der Waals surface area contributed by atoms with E-state index in [2.05, 4.69) is 42.2 Å². The first-order chi connectivity index (χ1) is 11.2. The first kappa shape index (κ1) is 15.4. The molecule has 0 N–H and O–H groups in total. The summed E-state index contributed by atoms with van der Waals surface area (Å²) in [6, 6.07) is 10.4. The smallest absolute Gasteiger partial charge is 0.262 e. The van der Waals surface area contributed by atoms with Crippen LogP contribution in [-0.4, -0.2) is 9.55 Å². The van der Waals surface area contributed by atoms with E-state index in [0.717, 1.165) is 22.4 Å². The maximum absolute atomic E-state index is 12.9. The van der Waals surface area contributed by atoms with E-state index in [1.54, 1.807) is 4.57 Å². The average Bonchev–Trinajstić information content (AvgIpc) is 2.98. The molecule has 3 rings (SSSR count). The zero-order valence-electron chi connectivity index (χ0n) is 13.2. The van der Waals surface area contributed by atoms with Crippen molar-refractivity contribution in [1.82, 2.24) is 9.55 Å². The van der Waals surface area contributed by atoms with Crippen molar-refractivity contribution in [3.63, 3.8) is 0 Å². The molecule has 0 spiro atoms. The van der Waals surface area contributed by atoms with Gasteiger partial charge in [-0.3, -0.25) is 9.36 Å². The van der Waals surface area contributed by atoms with Crippen LogP contribution in [0, 0.1) is 18.3 Å². The van der Waals surface area contributed by atoms with Crippen LogP contribution in [0.15, 0.2) is 34.4 Å². The Labute approximate surface area is 138 Å². The molecular weight excluding hydrogens is 306 g/mol.